The van der Waals surface area contributed by atoms with E-state index >= 15 is 0 Å². The summed E-state index contributed by atoms with van der Waals surface area (Å²) in [5.41, 5.74) is 4.03. The smallest absolute Gasteiger partial charge is 0.339 e. The van der Waals surface area contributed by atoms with Crippen LogP contribution in [0, 0.1) is 5.82 Å². The van der Waals surface area contributed by atoms with Crippen molar-refractivity contribution in [3.8, 4) is 11.4 Å². The lowest BCUT2D eigenvalue weighted by Crippen LogP contribution is -2.15. The fourth-order valence-corrected chi connectivity index (χ4v) is 3.73. The van der Waals surface area contributed by atoms with Gasteiger partial charge in [-0.15, -0.1) is 0 Å². The molecule has 2 heterocycles. The number of aromatic nitrogens is 2. The molecule has 0 atom stereocenters. The number of fused-ring (bicyclic) bond motifs is 1. The van der Waals surface area contributed by atoms with Crippen molar-refractivity contribution in [1.29, 1.82) is 0 Å². The minimum Gasteiger partial charge on any atom is -0.465 e. The number of benzene rings is 2. The van der Waals surface area contributed by atoms with Crippen LogP contribution in [-0.2, 0) is 16.0 Å². The highest BCUT2D eigenvalue weighted by atomic mass is 19.1. The molecule has 0 fully saturated rings. The number of H-pyrrole nitrogens is 1. The highest BCUT2D eigenvalue weighted by Crippen LogP contribution is 2.31. The molecule has 32 heavy (non-hydrogen) atoms. The summed E-state index contributed by atoms with van der Waals surface area (Å²) >= 11 is 0. The van der Waals surface area contributed by atoms with Crippen molar-refractivity contribution >= 4 is 28.5 Å². The Hall–Kier alpha value is -4.00. The van der Waals surface area contributed by atoms with Gasteiger partial charge < -0.3 is 15.0 Å². The van der Waals surface area contributed by atoms with Crippen molar-refractivity contribution in [3.05, 3.63) is 83.8 Å². The van der Waals surface area contributed by atoms with Crippen molar-refractivity contribution in [2.75, 3.05) is 12.4 Å². The Kier molecular flexibility index (Phi) is 6.26. The van der Waals surface area contributed by atoms with Crippen LogP contribution in [0.1, 0.15) is 28.8 Å². The van der Waals surface area contributed by atoms with Gasteiger partial charge in [-0.3, -0.25) is 9.78 Å². The van der Waals surface area contributed by atoms with Gasteiger partial charge in [0.2, 0.25) is 5.91 Å². The average Bonchev–Trinajstić information content (AvgIpc) is 3.17. The van der Waals surface area contributed by atoms with E-state index in [-0.39, 0.29) is 18.1 Å². The number of halogens is 1. The number of rotatable bonds is 7. The number of hydrogen-bond acceptors (Lipinski definition) is 4. The molecule has 7 heteroatoms. The molecular weight excluding hydrogens is 409 g/mol. The number of carbonyl (C=O) groups excluding carboxylic acids is 2. The van der Waals surface area contributed by atoms with Crippen molar-refractivity contribution in [3.63, 3.8) is 0 Å². The number of aromatic amines is 1. The minimum atomic E-state index is -0.512. The van der Waals surface area contributed by atoms with E-state index in [2.05, 4.69) is 15.3 Å². The van der Waals surface area contributed by atoms with Crippen molar-refractivity contribution < 1.29 is 18.7 Å². The number of anilines is 1. The largest absolute Gasteiger partial charge is 0.465 e. The van der Waals surface area contributed by atoms with Gasteiger partial charge in [0.15, 0.2) is 0 Å². The van der Waals surface area contributed by atoms with Crippen molar-refractivity contribution in [2.24, 2.45) is 0 Å². The zero-order valence-electron chi connectivity index (χ0n) is 17.5. The molecule has 0 saturated carbocycles. The molecule has 0 aliphatic carbocycles. The van der Waals surface area contributed by atoms with Crippen LogP contribution >= 0.6 is 0 Å². The molecule has 0 saturated heterocycles. The van der Waals surface area contributed by atoms with Gasteiger partial charge in [0, 0.05) is 23.5 Å². The fraction of sp³-hybridized carbons (Fsp3) is 0.160. The van der Waals surface area contributed by atoms with E-state index in [1.165, 1.54) is 19.2 Å². The highest BCUT2D eigenvalue weighted by Gasteiger charge is 2.16. The predicted octanol–water partition coefficient (Wildman–Crippen LogP) is 5.12. The second-order valence-corrected chi connectivity index (χ2v) is 7.32. The molecule has 4 aromatic rings. The first-order chi connectivity index (χ1) is 15.6. The summed E-state index contributed by atoms with van der Waals surface area (Å²) < 4.78 is 18.7. The summed E-state index contributed by atoms with van der Waals surface area (Å²) in [5, 5.41) is 3.56. The number of amides is 1. The van der Waals surface area contributed by atoms with Crippen LogP contribution in [0.5, 0.6) is 0 Å². The number of para-hydroxylation sites is 1. The Morgan fingerprint density at radius 3 is 2.69 bits per heavy atom. The van der Waals surface area contributed by atoms with Crippen LogP contribution < -0.4 is 5.32 Å². The van der Waals surface area contributed by atoms with Crippen molar-refractivity contribution in [1.82, 2.24) is 9.97 Å². The third kappa shape index (κ3) is 4.51. The lowest BCUT2D eigenvalue weighted by Gasteiger charge is -2.10. The number of ether oxygens (including phenoxy) is 1. The van der Waals surface area contributed by atoms with Crippen molar-refractivity contribution in [2.45, 2.75) is 19.3 Å². The first-order valence-corrected chi connectivity index (χ1v) is 10.3. The second kappa shape index (κ2) is 9.43. The summed E-state index contributed by atoms with van der Waals surface area (Å²) in [6.45, 7) is 0. The third-order valence-corrected chi connectivity index (χ3v) is 5.23. The summed E-state index contributed by atoms with van der Waals surface area (Å²) in [6, 6.07) is 16.9. The maximum atomic E-state index is 13.9. The van der Waals surface area contributed by atoms with E-state index in [1.54, 1.807) is 36.5 Å². The van der Waals surface area contributed by atoms with Crippen LogP contribution in [0.2, 0.25) is 0 Å². The quantitative estimate of drug-likeness (QED) is 0.398. The van der Waals surface area contributed by atoms with Crippen LogP contribution in [0.3, 0.4) is 0 Å². The molecule has 2 N–H and O–H groups in total. The number of aryl methyl sites for hydroxylation is 1. The Morgan fingerprint density at radius 1 is 1.09 bits per heavy atom. The van der Waals surface area contributed by atoms with Gasteiger partial charge in [-0.2, -0.15) is 0 Å². The molecule has 6 nitrogen and oxygen atoms in total. The van der Waals surface area contributed by atoms with Gasteiger partial charge in [-0.05, 0) is 60.9 Å². The van der Waals surface area contributed by atoms with Crippen LogP contribution in [0.15, 0.2) is 66.9 Å². The molecule has 2 aromatic carbocycles. The molecule has 0 unspecified atom stereocenters. The Labute approximate surface area is 184 Å². The van der Waals surface area contributed by atoms with E-state index in [9.17, 15) is 14.0 Å². The molecule has 0 radical (unpaired) electrons. The first-order valence-electron chi connectivity index (χ1n) is 10.3. The van der Waals surface area contributed by atoms with Gasteiger partial charge in [-0.25, -0.2) is 9.18 Å². The number of pyridine rings is 1. The molecule has 0 aliphatic rings. The summed E-state index contributed by atoms with van der Waals surface area (Å²) in [7, 11) is 1.30. The molecule has 0 spiro atoms. The molecule has 0 bridgehead atoms. The number of carbonyl (C=O) groups is 2. The first kappa shape index (κ1) is 21.2. The van der Waals surface area contributed by atoms with Gasteiger partial charge in [0.05, 0.1) is 29.7 Å². The van der Waals surface area contributed by atoms with Gasteiger partial charge in [0.1, 0.15) is 5.82 Å². The number of nitrogens with zero attached hydrogens (tertiary/aromatic N) is 1. The number of nitrogens with one attached hydrogen (secondary N) is 2. The second-order valence-electron chi connectivity index (χ2n) is 7.32. The molecule has 0 aliphatic heterocycles. The maximum absolute atomic E-state index is 13.9. The normalized spacial score (nSPS) is 10.8. The zero-order valence-corrected chi connectivity index (χ0v) is 17.5. The van der Waals surface area contributed by atoms with Gasteiger partial charge in [-0.1, -0.05) is 18.2 Å². The van der Waals surface area contributed by atoms with E-state index < -0.39 is 5.97 Å². The average molecular weight is 431 g/mol. The monoisotopic (exact) mass is 431 g/mol. The Morgan fingerprint density at radius 2 is 1.91 bits per heavy atom. The van der Waals surface area contributed by atoms with E-state index in [0.29, 0.717) is 24.1 Å². The number of methoxy groups -OCH3 is 1. The standard InChI is InChI=1S/C25H22FN3O3/c1-32-25(31)18-7-2-3-9-20(18)28-23(30)11-6-8-17-19-15-16(26)12-13-21(19)29-24(17)22-10-4-5-14-27-22/h2-5,7,9-10,12-15,29H,6,8,11H2,1H3,(H,28,30). The van der Waals surface area contributed by atoms with E-state index in [0.717, 1.165) is 27.9 Å². The molecule has 162 valence electrons. The third-order valence-electron chi connectivity index (χ3n) is 5.23. The fourth-order valence-electron chi connectivity index (χ4n) is 3.73. The summed E-state index contributed by atoms with van der Waals surface area (Å²) in [6.07, 6.45) is 3.04. The summed E-state index contributed by atoms with van der Waals surface area (Å²) in [5.74, 6) is -1.05. The minimum absolute atomic E-state index is 0.216. The van der Waals surface area contributed by atoms with Crippen LogP contribution in [0.4, 0.5) is 10.1 Å². The lowest BCUT2D eigenvalue weighted by atomic mass is 10.0. The predicted molar refractivity (Wildman–Crippen MR) is 121 cm³/mol. The maximum Gasteiger partial charge on any atom is 0.339 e. The van der Waals surface area contributed by atoms with E-state index in [1.807, 2.05) is 18.2 Å². The SMILES string of the molecule is COC(=O)c1ccccc1NC(=O)CCCc1c(-c2ccccn2)[nH]c2ccc(F)cc12. The molecule has 4 rings (SSSR count). The number of esters is 1. The van der Waals surface area contributed by atoms with Crippen LogP contribution in [0.25, 0.3) is 22.3 Å². The van der Waals surface area contributed by atoms with Gasteiger partial charge in [0.25, 0.3) is 0 Å². The lowest BCUT2D eigenvalue weighted by molar-refractivity contribution is -0.116. The van der Waals surface area contributed by atoms with Gasteiger partial charge >= 0.3 is 5.97 Å². The Bertz CT molecular complexity index is 1270. The summed E-state index contributed by atoms with van der Waals surface area (Å²) in [4.78, 5) is 32.2. The van der Waals surface area contributed by atoms with E-state index in [4.69, 9.17) is 4.74 Å². The van der Waals surface area contributed by atoms with Crippen LogP contribution in [-0.4, -0.2) is 29.0 Å². The molecule has 2 aromatic heterocycles. The highest BCUT2D eigenvalue weighted by molar-refractivity contribution is 6.01. The zero-order chi connectivity index (χ0) is 22.5. The topological polar surface area (TPSA) is 84.1 Å². The Balaban J connectivity index is 1.51. The number of hydrogen-bond donors (Lipinski definition) is 2. The molecule has 1 amide bonds. The molecular formula is C25H22FN3O3.